The molecule has 0 unspecified atom stereocenters. The first-order valence-corrected chi connectivity index (χ1v) is 7.57. The first-order chi connectivity index (χ1) is 9.44. The molecular weight excluding hydrogens is 373 g/mol. The number of rotatable bonds is 3. The van der Waals surface area contributed by atoms with E-state index in [9.17, 15) is 19.8 Å². The number of aromatic hydroxyl groups is 1. The Morgan fingerprint density at radius 1 is 1.20 bits per heavy atom. The zero-order valence-electron chi connectivity index (χ0n) is 10.9. The third kappa shape index (κ3) is 3.05. The van der Waals surface area contributed by atoms with Crippen molar-refractivity contribution in [1.29, 1.82) is 0 Å². The Labute approximate surface area is 130 Å². The van der Waals surface area contributed by atoms with E-state index in [-0.39, 0.29) is 11.3 Å². The van der Waals surface area contributed by atoms with Gasteiger partial charge in [-0.1, -0.05) is 19.3 Å². The lowest BCUT2D eigenvalue weighted by molar-refractivity contribution is -0.145. The monoisotopic (exact) mass is 389 g/mol. The second kappa shape index (κ2) is 5.99. The Kier molecular flexibility index (Phi) is 4.52. The van der Waals surface area contributed by atoms with E-state index in [0.29, 0.717) is 16.4 Å². The van der Waals surface area contributed by atoms with Crippen molar-refractivity contribution >= 4 is 34.5 Å². The molecule has 1 amide bonds. The molecule has 2 rings (SSSR count). The highest BCUT2D eigenvalue weighted by atomic mass is 127. The van der Waals surface area contributed by atoms with E-state index in [2.05, 4.69) is 5.32 Å². The first kappa shape index (κ1) is 15.1. The summed E-state index contributed by atoms with van der Waals surface area (Å²) in [5.41, 5.74) is -0.900. The van der Waals surface area contributed by atoms with E-state index in [4.69, 9.17) is 0 Å². The van der Waals surface area contributed by atoms with Crippen molar-refractivity contribution in [3.63, 3.8) is 0 Å². The fourth-order valence-corrected chi connectivity index (χ4v) is 2.83. The van der Waals surface area contributed by atoms with Crippen molar-refractivity contribution in [2.24, 2.45) is 0 Å². The molecule has 3 N–H and O–H groups in total. The number of aliphatic carboxylic acids is 1. The Morgan fingerprint density at radius 2 is 1.85 bits per heavy atom. The molecule has 1 fully saturated rings. The molecule has 1 aromatic rings. The SMILES string of the molecule is O=C(NC1(C(=O)O)CCCCC1)c1ccc(I)c(O)c1. The molecule has 0 radical (unpaired) electrons. The second-order valence-corrected chi connectivity index (χ2v) is 6.23. The Hall–Kier alpha value is -1.31. The molecule has 0 heterocycles. The number of nitrogens with one attached hydrogen (secondary N) is 1. The van der Waals surface area contributed by atoms with Crippen LogP contribution >= 0.6 is 22.6 Å². The van der Waals surface area contributed by atoms with Gasteiger partial charge in [-0.15, -0.1) is 0 Å². The molecule has 20 heavy (non-hydrogen) atoms. The molecule has 5 nitrogen and oxygen atoms in total. The van der Waals surface area contributed by atoms with Crippen LogP contribution in [0.25, 0.3) is 0 Å². The maximum absolute atomic E-state index is 12.2. The van der Waals surface area contributed by atoms with E-state index in [1.54, 1.807) is 12.1 Å². The average molecular weight is 389 g/mol. The van der Waals surface area contributed by atoms with Gasteiger partial charge in [-0.25, -0.2) is 4.79 Å². The summed E-state index contributed by atoms with van der Waals surface area (Å²) in [6, 6.07) is 4.56. The molecule has 1 aliphatic carbocycles. The van der Waals surface area contributed by atoms with Crippen LogP contribution < -0.4 is 5.32 Å². The van der Waals surface area contributed by atoms with Crippen molar-refractivity contribution in [1.82, 2.24) is 5.32 Å². The summed E-state index contributed by atoms with van der Waals surface area (Å²) in [4.78, 5) is 23.7. The second-order valence-electron chi connectivity index (χ2n) is 5.07. The summed E-state index contributed by atoms with van der Waals surface area (Å²) >= 11 is 1.96. The van der Waals surface area contributed by atoms with Crippen LogP contribution in [0.2, 0.25) is 0 Å². The van der Waals surface area contributed by atoms with Gasteiger partial charge in [0.1, 0.15) is 11.3 Å². The van der Waals surface area contributed by atoms with Gasteiger partial charge in [0.2, 0.25) is 0 Å². The quantitative estimate of drug-likeness (QED) is 0.694. The van der Waals surface area contributed by atoms with E-state index >= 15 is 0 Å². The summed E-state index contributed by atoms with van der Waals surface area (Å²) in [7, 11) is 0. The lowest BCUT2D eigenvalue weighted by atomic mass is 9.81. The van der Waals surface area contributed by atoms with Crippen molar-refractivity contribution in [2.45, 2.75) is 37.6 Å². The Morgan fingerprint density at radius 3 is 2.40 bits per heavy atom. The number of carboxylic acid groups (broad SMARTS) is 1. The zero-order chi connectivity index (χ0) is 14.8. The number of carbonyl (C=O) groups excluding carboxylic acids is 1. The summed E-state index contributed by atoms with van der Waals surface area (Å²) in [6.07, 6.45) is 3.49. The summed E-state index contributed by atoms with van der Waals surface area (Å²) in [5, 5.41) is 21.7. The summed E-state index contributed by atoms with van der Waals surface area (Å²) < 4.78 is 0.643. The maximum atomic E-state index is 12.2. The Balaban J connectivity index is 2.20. The molecule has 0 bridgehead atoms. The van der Waals surface area contributed by atoms with E-state index in [0.717, 1.165) is 19.3 Å². The van der Waals surface area contributed by atoms with Gasteiger partial charge in [-0.05, 0) is 53.6 Å². The van der Waals surface area contributed by atoms with Gasteiger partial charge in [-0.3, -0.25) is 4.79 Å². The molecule has 108 valence electrons. The normalized spacial score (nSPS) is 17.4. The molecule has 0 spiro atoms. The Bertz CT molecular complexity index is 538. The highest BCUT2D eigenvalue weighted by molar-refractivity contribution is 14.1. The molecule has 0 aliphatic heterocycles. The molecule has 1 saturated carbocycles. The van der Waals surface area contributed by atoms with Crippen LogP contribution in [0.1, 0.15) is 42.5 Å². The van der Waals surface area contributed by atoms with Gasteiger partial charge < -0.3 is 15.5 Å². The average Bonchev–Trinajstić information content (AvgIpc) is 2.42. The predicted molar refractivity (Wildman–Crippen MR) is 81.7 cm³/mol. The fraction of sp³-hybridized carbons (Fsp3) is 0.429. The number of carboxylic acids is 1. The van der Waals surface area contributed by atoms with E-state index in [1.165, 1.54) is 6.07 Å². The number of hydrogen-bond acceptors (Lipinski definition) is 3. The van der Waals surface area contributed by atoms with Crippen LogP contribution in [0.5, 0.6) is 5.75 Å². The van der Waals surface area contributed by atoms with Crippen LogP contribution in [0.3, 0.4) is 0 Å². The summed E-state index contributed by atoms with van der Waals surface area (Å²) in [5.74, 6) is -1.42. The lowest BCUT2D eigenvalue weighted by Gasteiger charge is -2.34. The molecular formula is C14H16INO4. The van der Waals surface area contributed by atoms with Crippen molar-refractivity contribution in [2.75, 3.05) is 0 Å². The first-order valence-electron chi connectivity index (χ1n) is 6.49. The van der Waals surface area contributed by atoms with Gasteiger partial charge in [0.15, 0.2) is 0 Å². The summed E-state index contributed by atoms with van der Waals surface area (Å²) in [6.45, 7) is 0. The molecule has 0 saturated heterocycles. The van der Waals surface area contributed by atoms with E-state index < -0.39 is 17.4 Å². The van der Waals surface area contributed by atoms with Crippen molar-refractivity contribution in [3.05, 3.63) is 27.3 Å². The number of amides is 1. The molecule has 1 aliphatic rings. The third-order valence-electron chi connectivity index (χ3n) is 3.68. The zero-order valence-corrected chi connectivity index (χ0v) is 13.0. The van der Waals surface area contributed by atoms with Gasteiger partial charge in [0.05, 0.1) is 3.57 Å². The lowest BCUT2D eigenvalue weighted by Crippen LogP contribution is -2.55. The number of phenolic OH excluding ortho intramolecular Hbond substituents is 1. The van der Waals surface area contributed by atoms with Crippen molar-refractivity contribution < 1.29 is 19.8 Å². The fourth-order valence-electron chi connectivity index (χ4n) is 2.49. The van der Waals surface area contributed by atoms with Crippen molar-refractivity contribution in [3.8, 4) is 5.75 Å². The minimum atomic E-state index is -1.17. The number of halogens is 1. The topological polar surface area (TPSA) is 86.6 Å². The van der Waals surface area contributed by atoms with Crippen LogP contribution in [-0.2, 0) is 4.79 Å². The van der Waals surface area contributed by atoms with Gasteiger partial charge in [0, 0.05) is 5.56 Å². The highest BCUT2D eigenvalue weighted by Gasteiger charge is 2.41. The minimum Gasteiger partial charge on any atom is -0.507 e. The number of hydrogen-bond donors (Lipinski definition) is 3. The number of carbonyl (C=O) groups is 2. The standard InChI is InChI=1S/C14H16INO4/c15-10-5-4-9(8-11(10)17)12(18)16-14(13(19)20)6-2-1-3-7-14/h4-5,8,17H,1-3,6-7H2,(H,16,18)(H,19,20). The highest BCUT2D eigenvalue weighted by Crippen LogP contribution is 2.29. The van der Waals surface area contributed by atoms with Gasteiger partial charge >= 0.3 is 5.97 Å². The maximum Gasteiger partial charge on any atom is 0.329 e. The minimum absolute atomic E-state index is 0.0197. The van der Waals surface area contributed by atoms with Crippen LogP contribution in [0.4, 0.5) is 0 Å². The van der Waals surface area contributed by atoms with Crippen LogP contribution in [0, 0.1) is 3.57 Å². The molecule has 1 aromatic carbocycles. The van der Waals surface area contributed by atoms with Crippen LogP contribution in [0.15, 0.2) is 18.2 Å². The van der Waals surface area contributed by atoms with Crippen LogP contribution in [-0.4, -0.2) is 27.6 Å². The molecule has 6 heteroatoms. The largest absolute Gasteiger partial charge is 0.507 e. The molecule has 0 aromatic heterocycles. The van der Waals surface area contributed by atoms with E-state index in [1.807, 2.05) is 22.6 Å². The number of benzene rings is 1. The predicted octanol–water partition coefficient (Wildman–Crippen LogP) is 2.51. The van der Waals surface area contributed by atoms with Gasteiger partial charge in [0.25, 0.3) is 5.91 Å². The molecule has 0 atom stereocenters. The third-order valence-corrected chi connectivity index (χ3v) is 4.59. The van der Waals surface area contributed by atoms with Gasteiger partial charge in [-0.2, -0.15) is 0 Å². The smallest absolute Gasteiger partial charge is 0.329 e. The number of phenols is 1.